The van der Waals surface area contributed by atoms with Crippen molar-refractivity contribution in [2.24, 2.45) is 0 Å². The van der Waals surface area contributed by atoms with E-state index in [1.165, 1.54) is 42.2 Å². The van der Waals surface area contributed by atoms with Crippen LogP contribution in [0.3, 0.4) is 0 Å². The van der Waals surface area contributed by atoms with Crippen molar-refractivity contribution in [3.05, 3.63) is 54.1 Å². The molecule has 0 fully saturated rings. The predicted molar refractivity (Wildman–Crippen MR) is 105 cm³/mol. The Morgan fingerprint density at radius 1 is 1.00 bits per heavy atom. The number of nitrogens with zero attached hydrogens (tertiary/aromatic N) is 2. The number of para-hydroxylation sites is 1. The summed E-state index contributed by atoms with van der Waals surface area (Å²) >= 11 is 0. The van der Waals surface area contributed by atoms with Crippen molar-refractivity contribution >= 4 is 33.2 Å². The first kappa shape index (κ1) is 19.1. The van der Waals surface area contributed by atoms with E-state index < -0.39 is 16.1 Å². The van der Waals surface area contributed by atoms with Gasteiger partial charge in [-0.05, 0) is 49.7 Å². The molecule has 0 saturated carbocycles. The molecule has 2 aromatic carbocycles. The summed E-state index contributed by atoms with van der Waals surface area (Å²) in [5.41, 5.74) is 1.09. The van der Waals surface area contributed by atoms with Gasteiger partial charge < -0.3 is 0 Å². The average Bonchev–Trinajstić information content (AvgIpc) is 2.65. The molecular weight excluding hydrogens is 364 g/mol. The number of fused-ring (bicyclic) bond motifs is 1. The van der Waals surface area contributed by atoms with Gasteiger partial charge >= 0.3 is 6.03 Å². The number of benzene rings is 2. The van der Waals surface area contributed by atoms with Crippen molar-refractivity contribution in [2.75, 3.05) is 15.7 Å². The minimum atomic E-state index is -4.02. The Morgan fingerprint density at radius 2 is 1.67 bits per heavy atom. The number of Topliss-reactive ketones (excluding diaryl/α,β-unsaturated/α-hetero) is 1. The molecule has 0 aromatic heterocycles. The zero-order chi connectivity index (χ0) is 19.6. The Balaban J connectivity index is 2.08. The molecule has 2 amide bonds. The van der Waals surface area contributed by atoms with Gasteiger partial charge in [-0.1, -0.05) is 31.9 Å². The second kappa shape index (κ2) is 7.52. The van der Waals surface area contributed by atoms with Gasteiger partial charge in [0.15, 0.2) is 5.78 Å². The van der Waals surface area contributed by atoms with Crippen molar-refractivity contribution in [1.29, 1.82) is 0 Å². The highest BCUT2D eigenvalue weighted by molar-refractivity contribution is 7.94. The molecule has 1 heterocycles. The van der Waals surface area contributed by atoms with Crippen LogP contribution in [0, 0.1) is 0 Å². The molecule has 2 aromatic rings. The second-order valence-electron chi connectivity index (χ2n) is 6.48. The fourth-order valence-corrected chi connectivity index (χ4v) is 4.72. The number of hydrogen-bond donors (Lipinski definition) is 0. The van der Waals surface area contributed by atoms with Gasteiger partial charge in [-0.25, -0.2) is 13.2 Å². The fraction of sp³-hybridized carbons (Fsp3) is 0.300. The van der Waals surface area contributed by atoms with E-state index in [9.17, 15) is 18.0 Å². The molecule has 0 radical (unpaired) electrons. The van der Waals surface area contributed by atoms with Crippen molar-refractivity contribution in [2.45, 2.75) is 38.0 Å². The minimum absolute atomic E-state index is 0.108. The number of unbranched alkanes of at least 4 members (excludes halogenated alkanes) is 2. The molecule has 1 aliphatic rings. The van der Waals surface area contributed by atoms with E-state index in [1.807, 2.05) is 0 Å². The molecule has 142 valence electrons. The number of carbonyl (C=O) groups excluding carboxylic acids is 2. The van der Waals surface area contributed by atoms with Crippen LogP contribution in [0.1, 0.15) is 43.5 Å². The summed E-state index contributed by atoms with van der Waals surface area (Å²) in [6, 6.07) is 12.0. The van der Waals surface area contributed by atoms with Crippen LogP contribution in [0.25, 0.3) is 0 Å². The maximum atomic E-state index is 13.1. The maximum Gasteiger partial charge on any atom is 0.343 e. The standard InChI is InChI=1S/C20H22N2O4S/c1-3-4-7-14-21-18-8-5-6-9-19(18)27(25,26)22(20(21)24)17-12-10-16(11-13-17)15(2)23/h5-6,8-13H,3-4,7,14H2,1-2H3. The monoisotopic (exact) mass is 386 g/mol. The van der Waals surface area contributed by atoms with E-state index in [1.54, 1.807) is 18.2 Å². The topological polar surface area (TPSA) is 74.8 Å². The Bertz CT molecular complexity index is 968. The first-order valence-electron chi connectivity index (χ1n) is 8.94. The average molecular weight is 386 g/mol. The summed E-state index contributed by atoms with van der Waals surface area (Å²) in [7, 11) is -4.02. The van der Waals surface area contributed by atoms with Gasteiger partial charge in [0.1, 0.15) is 4.90 Å². The normalized spacial score (nSPS) is 15.6. The van der Waals surface area contributed by atoms with Crippen LogP contribution in [0.5, 0.6) is 0 Å². The number of amides is 2. The summed E-state index contributed by atoms with van der Waals surface area (Å²) < 4.78 is 27.1. The van der Waals surface area contributed by atoms with Gasteiger partial charge in [-0.2, -0.15) is 4.31 Å². The predicted octanol–water partition coefficient (Wildman–Crippen LogP) is 4.21. The number of sulfonamides is 1. The molecule has 27 heavy (non-hydrogen) atoms. The third-order valence-electron chi connectivity index (χ3n) is 4.57. The van der Waals surface area contributed by atoms with E-state index in [4.69, 9.17) is 0 Å². The minimum Gasteiger partial charge on any atom is -0.295 e. The smallest absolute Gasteiger partial charge is 0.295 e. The Hall–Kier alpha value is -2.67. The maximum absolute atomic E-state index is 13.1. The van der Waals surface area contributed by atoms with Crippen LogP contribution in [0.15, 0.2) is 53.4 Å². The Morgan fingerprint density at radius 3 is 2.30 bits per heavy atom. The lowest BCUT2D eigenvalue weighted by Gasteiger charge is -2.36. The molecule has 7 heteroatoms. The molecule has 0 saturated heterocycles. The molecular formula is C20H22N2O4S. The molecule has 3 rings (SSSR count). The lowest BCUT2D eigenvalue weighted by atomic mass is 10.1. The highest BCUT2D eigenvalue weighted by Crippen LogP contribution is 2.37. The summed E-state index contributed by atoms with van der Waals surface area (Å²) in [6.07, 6.45) is 2.73. The van der Waals surface area contributed by atoms with Gasteiger partial charge in [-0.15, -0.1) is 0 Å². The second-order valence-corrected chi connectivity index (χ2v) is 8.24. The summed E-state index contributed by atoms with van der Waals surface area (Å²) in [5, 5.41) is 0. The number of carbonyl (C=O) groups is 2. The third kappa shape index (κ3) is 3.47. The van der Waals surface area contributed by atoms with Crippen LogP contribution in [0.4, 0.5) is 16.2 Å². The lowest BCUT2D eigenvalue weighted by molar-refractivity contribution is 0.101. The highest BCUT2D eigenvalue weighted by Gasteiger charge is 2.42. The number of hydrogen-bond acceptors (Lipinski definition) is 4. The Kier molecular flexibility index (Phi) is 5.32. The molecule has 0 bridgehead atoms. The quantitative estimate of drug-likeness (QED) is 0.550. The van der Waals surface area contributed by atoms with Gasteiger partial charge in [0.05, 0.1) is 11.4 Å². The van der Waals surface area contributed by atoms with Crippen molar-refractivity contribution in [3.63, 3.8) is 0 Å². The summed E-state index contributed by atoms with van der Waals surface area (Å²) in [5.74, 6) is -0.124. The SMILES string of the molecule is CCCCCN1C(=O)N(c2ccc(C(C)=O)cc2)S(=O)(=O)c2ccccc21. The molecule has 1 aliphatic heterocycles. The number of ketones is 1. The largest absolute Gasteiger partial charge is 0.343 e. The Labute approximate surface area is 159 Å². The first-order valence-corrected chi connectivity index (χ1v) is 10.4. The van der Waals surface area contributed by atoms with E-state index in [0.29, 0.717) is 17.8 Å². The van der Waals surface area contributed by atoms with Crippen LogP contribution in [-0.4, -0.2) is 26.8 Å². The molecule has 0 atom stereocenters. The molecule has 0 spiro atoms. The van der Waals surface area contributed by atoms with Gasteiger partial charge in [0.25, 0.3) is 10.0 Å². The van der Waals surface area contributed by atoms with Crippen LogP contribution in [0.2, 0.25) is 0 Å². The summed E-state index contributed by atoms with van der Waals surface area (Å²) in [6.45, 7) is 3.95. The van der Waals surface area contributed by atoms with E-state index in [0.717, 1.165) is 23.6 Å². The number of rotatable bonds is 6. The molecule has 0 N–H and O–H groups in total. The molecule has 0 aliphatic carbocycles. The highest BCUT2D eigenvalue weighted by atomic mass is 32.2. The first-order chi connectivity index (χ1) is 12.9. The molecule has 6 nitrogen and oxygen atoms in total. The van der Waals surface area contributed by atoms with Crippen molar-refractivity contribution < 1.29 is 18.0 Å². The van der Waals surface area contributed by atoms with Crippen LogP contribution in [-0.2, 0) is 10.0 Å². The van der Waals surface area contributed by atoms with Gasteiger partial charge in [0.2, 0.25) is 0 Å². The number of urea groups is 1. The summed E-state index contributed by atoms with van der Waals surface area (Å²) in [4.78, 5) is 26.2. The fourth-order valence-electron chi connectivity index (χ4n) is 3.13. The zero-order valence-electron chi connectivity index (χ0n) is 15.4. The van der Waals surface area contributed by atoms with Gasteiger partial charge in [0, 0.05) is 12.1 Å². The van der Waals surface area contributed by atoms with E-state index in [2.05, 4.69) is 6.92 Å². The zero-order valence-corrected chi connectivity index (χ0v) is 16.2. The third-order valence-corrected chi connectivity index (χ3v) is 6.32. The van der Waals surface area contributed by atoms with Crippen LogP contribution >= 0.6 is 0 Å². The number of anilines is 2. The van der Waals surface area contributed by atoms with E-state index in [-0.39, 0.29) is 16.4 Å². The van der Waals surface area contributed by atoms with Crippen molar-refractivity contribution in [3.8, 4) is 0 Å². The molecule has 0 unspecified atom stereocenters. The van der Waals surface area contributed by atoms with Crippen molar-refractivity contribution in [1.82, 2.24) is 0 Å². The van der Waals surface area contributed by atoms with Crippen LogP contribution < -0.4 is 9.21 Å². The van der Waals surface area contributed by atoms with E-state index >= 15 is 0 Å². The lowest BCUT2D eigenvalue weighted by Crippen LogP contribution is -2.51. The van der Waals surface area contributed by atoms with Gasteiger partial charge in [-0.3, -0.25) is 9.69 Å².